The summed E-state index contributed by atoms with van der Waals surface area (Å²) in [6.07, 6.45) is -4.46. The first-order valence-electron chi connectivity index (χ1n) is 14.4. The molecule has 2 aliphatic carbocycles. The summed E-state index contributed by atoms with van der Waals surface area (Å²) < 4.78 is 39.6. The Hall–Kier alpha value is -6.67. The van der Waals surface area contributed by atoms with Crippen LogP contribution in [0.2, 0.25) is 0 Å². The maximum atomic E-state index is 13.2. The lowest BCUT2D eigenvalue weighted by molar-refractivity contribution is -0.137. The number of halogens is 3. The van der Waals surface area contributed by atoms with Crippen LogP contribution in [0.1, 0.15) is 33.4 Å². The summed E-state index contributed by atoms with van der Waals surface area (Å²) in [6.45, 7) is 17.6. The molecule has 0 bridgehead atoms. The standard InChI is InChI=1S/C40H19F3N4/c1-22-4-6-23(7-5-22)25-10-14-28-30-18-35-31(19-34(30)38(32(28)16-25)36(20-44)46-2)29-15-11-26(17-33(29)39(35)37(21-45)47-3)24-8-12-27(13-9-24)40(41,42)43/h4-19H,1H3/b38-36+,39-37-. The second-order valence-corrected chi connectivity index (χ2v) is 11.3. The molecule has 0 radical (unpaired) electrons. The molecule has 0 saturated carbocycles. The monoisotopic (exact) mass is 612 g/mol. The number of rotatable bonds is 2. The first kappa shape index (κ1) is 29.1. The van der Waals surface area contributed by atoms with E-state index in [9.17, 15) is 23.7 Å². The van der Waals surface area contributed by atoms with Crippen LogP contribution in [0.15, 0.2) is 108 Å². The average molecular weight is 613 g/mol. The highest BCUT2D eigenvalue weighted by Crippen LogP contribution is 2.54. The highest BCUT2D eigenvalue weighted by molar-refractivity contribution is 6.11. The second-order valence-electron chi connectivity index (χ2n) is 11.3. The Morgan fingerprint density at radius 1 is 0.532 bits per heavy atom. The Bertz CT molecular complexity index is 2390. The highest BCUT2D eigenvalue weighted by Gasteiger charge is 2.34. The van der Waals surface area contributed by atoms with Crippen molar-refractivity contribution >= 4 is 11.1 Å². The van der Waals surface area contributed by atoms with Crippen molar-refractivity contribution < 1.29 is 13.2 Å². The zero-order chi connectivity index (χ0) is 33.0. The maximum Gasteiger partial charge on any atom is 0.416 e. The van der Waals surface area contributed by atoms with Crippen LogP contribution in [0.4, 0.5) is 13.2 Å². The number of hydrogen-bond donors (Lipinski definition) is 0. The average Bonchev–Trinajstić information content (AvgIpc) is 3.56. The van der Waals surface area contributed by atoms with Crippen LogP contribution < -0.4 is 0 Å². The van der Waals surface area contributed by atoms with Gasteiger partial charge in [-0.15, -0.1) is 0 Å². The van der Waals surface area contributed by atoms with E-state index < -0.39 is 11.7 Å². The minimum Gasteiger partial charge on any atom is -0.226 e. The van der Waals surface area contributed by atoms with E-state index in [1.54, 1.807) is 12.1 Å². The molecule has 0 N–H and O–H groups in total. The molecule has 0 aromatic heterocycles. The fourth-order valence-electron chi connectivity index (χ4n) is 6.46. The van der Waals surface area contributed by atoms with Crippen LogP contribution in [-0.2, 0) is 6.18 Å². The van der Waals surface area contributed by atoms with Gasteiger partial charge in [0, 0.05) is 11.1 Å². The van der Waals surface area contributed by atoms with Crippen LogP contribution in [0, 0.1) is 42.7 Å². The zero-order valence-electron chi connectivity index (χ0n) is 24.7. The summed E-state index contributed by atoms with van der Waals surface area (Å²) in [5.41, 5.74) is 10.1. The first-order chi connectivity index (χ1) is 22.7. The maximum absolute atomic E-state index is 13.2. The van der Waals surface area contributed by atoms with Crippen LogP contribution in [0.25, 0.3) is 65.3 Å². The second kappa shape index (κ2) is 10.7. The quantitative estimate of drug-likeness (QED) is 0.144. The lowest BCUT2D eigenvalue weighted by atomic mass is 9.95. The third-order valence-electron chi connectivity index (χ3n) is 8.69. The molecule has 0 atom stereocenters. The van der Waals surface area contributed by atoms with Gasteiger partial charge in [0.25, 0.3) is 11.4 Å². The number of fused-ring (bicyclic) bond motifs is 6. The summed E-state index contributed by atoms with van der Waals surface area (Å²) in [4.78, 5) is 7.12. The van der Waals surface area contributed by atoms with Crippen LogP contribution >= 0.6 is 0 Å². The van der Waals surface area contributed by atoms with Crippen molar-refractivity contribution in [3.63, 3.8) is 0 Å². The highest BCUT2D eigenvalue weighted by atomic mass is 19.4. The fraction of sp³-hybridized carbons (Fsp3) is 0.0500. The normalized spacial score (nSPS) is 14.4. The Kier molecular flexibility index (Phi) is 6.64. The van der Waals surface area contributed by atoms with Crippen LogP contribution in [-0.4, -0.2) is 0 Å². The number of aryl methyl sites for hydroxylation is 1. The number of nitriles is 2. The Balaban J connectivity index is 1.44. The minimum absolute atomic E-state index is 0.0449. The predicted molar refractivity (Wildman–Crippen MR) is 174 cm³/mol. The molecule has 5 aromatic carbocycles. The Morgan fingerprint density at radius 3 is 1.30 bits per heavy atom. The first-order valence-corrected chi connectivity index (χ1v) is 14.4. The van der Waals surface area contributed by atoms with Gasteiger partial charge >= 0.3 is 6.18 Å². The van der Waals surface area contributed by atoms with Gasteiger partial charge in [0.05, 0.1) is 30.8 Å². The molecule has 0 heterocycles. The smallest absolute Gasteiger partial charge is 0.226 e. The molecule has 0 fully saturated rings. The van der Waals surface area contributed by atoms with Gasteiger partial charge < -0.3 is 0 Å². The van der Waals surface area contributed by atoms with Gasteiger partial charge in [-0.3, -0.25) is 0 Å². The lowest BCUT2D eigenvalue weighted by Crippen LogP contribution is -2.03. The zero-order valence-corrected chi connectivity index (χ0v) is 24.7. The molecule has 0 aliphatic heterocycles. The van der Waals surface area contributed by atoms with Crippen LogP contribution in [0.5, 0.6) is 0 Å². The topological polar surface area (TPSA) is 56.3 Å². The molecule has 0 unspecified atom stereocenters. The lowest BCUT2D eigenvalue weighted by Gasteiger charge is -2.10. The number of nitrogens with zero attached hydrogens (tertiary/aromatic N) is 4. The van der Waals surface area contributed by atoms with E-state index in [0.29, 0.717) is 39.0 Å². The summed E-state index contributed by atoms with van der Waals surface area (Å²) in [6, 6.07) is 32.3. The number of alkyl halides is 3. The molecule has 47 heavy (non-hydrogen) atoms. The Morgan fingerprint density at radius 2 is 0.915 bits per heavy atom. The number of benzene rings is 5. The number of hydrogen-bond acceptors (Lipinski definition) is 2. The number of allylic oxidation sites excluding steroid dienone is 2. The summed E-state index contributed by atoms with van der Waals surface area (Å²) in [5.74, 6) is 0. The van der Waals surface area contributed by atoms with Gasteiger partial charge in [-0.05, 0) is 110 Å². The van der Waals surface area contributed by atoms with Crippen LogP contribution in [0.3, 0.4) is 0 Å². The van der Waals surface area contributed by atoms with Crippen molar-refractivity contribution in [1.29, 1.82) is 10.5 Å². The predicted octanol–water partition coefficient (Wildman–Crippen LogP) is 10.7. The molecule has 0 saturated heterocycles. The summed E-state index contributed by atoms with van der Waals surface area (Å²) >= 11 is 0. The van der Waals surface area contributed by atoms with Gasteiger partial charge in [0.1, 0.15) is 0 Å². The van der Waals surface area contributed by atoms with Gasteiger partial charge in [-0.25, -0.2) is 20.2 Å². The SMILES string of the molecule is [C-]#[N+]/C(C#N)=C1/c2cc(-c3ccc(C(F)(F)F)cc3)ccc2-c2cc3c(cc21)-c1ccc(-c2ccc(C)cc2)cc1/C3=C(/C#N)[N+]#[C-]. The third kappa shape index (κ3) is 4.59. The van der Waals surface area contributed by atoms with E-state index in [1.165, 1.54) is 12.1 Å². The molecule has 220 valence electrons. The van der Waals surface area contributed by atoms with Crippen molar-refractivity contribution in [1.82, 2.24) is 0 Å². The van der Waals surface area contributed by atoms with E-state index >= 15 is 0 Å². The largest absolute Gasteiger partial charge is 0.416 e. The minimum atomic E-state index is -4.46. The molecule has 2 aliphatic rings. The summed E-state index contributed by atoms with van der Waals surface area (Å²) in [5, 5.41) is 20.0. The van der Waals surface area contributed by atoms with Crippen molar-refractivity contribution in [2.24, 2.45) is 0 Å². The van der Waals surface area contributed by atoms with Gasteiger partial charge in [-0.1, -0.05) is 66.2 Å². The summed E-state index contributed by atoms with van der Waals surface area (Å²) in [7, 11) is 0. The van der Waals surface area contributed by atoms with Crippen molar-refractivity contribution in [2.75, 3.05) is 0 Å². The molecular weight excluding hydrogens is 593 g/mol. The molecule has 7 heteroatoms. The van der Waals surface area contributed by atoms with E-state index in [2.05, 4.69) is 15.8 Å². The Labute approximate surface area is 268 Å². The van der Waals surface area contributed by atoms with E-state index in [4.69, 9.17) is 13.1 Å². The van der Waals surface area contributed by atoms with E-state index in [1.807, 2.05) is 73.7 Å². The molecule has 0 spiro atoms. The van der Waals surface area contributed by atoms with Gasteiger partial charge in [-0.2, -0.15) is 13.2 Å². The van der Waals surface area contributed by atoms with E-state index in [-0.39, 0.29) is 11.4 Å². The molecular formula is C40H19F3N4. The fourth-order valence-corrected chi connectivity index (χ4v) is 6.46. The third-order valence-corrected chi connectivity index (χ3v) is 8.69. The molecule has 0 amide bonds. The van der Waals surface area contributed by atoms with Gasteiger partial charge in [0.2, 0.25) is 0 Å². The molecule has 7 rings (SSSR count). The van der Waals surface area contributed by atoms with Crippen molar-refractivity contribution in [3.8, 4) is 56.6 Å². The molecule has 5 aromatic rings. The van der Waals surface area contributed by atoms with E-state index in [0.717, 1.165) is 56.6 Å². The van der Waals surface area contributed by atoms with Gasteiger partial charge in [0.15, 0.2) is 0 Å². The molecule has 4 nitrogen and oxygen atoms in total. The van der Waals surface area contributed by atoms with Crippen molar-refractivity contribution in [2.45, 2.75) is 13.1 Å². The van der Waals surface area contributed by atoms with Crippen molar-refractivity contribution in [3.05, 3.63) is 165 Å².